The summed E-state index contributed by atoms with van der Waals surface area (Å²) in [4.78, 5) is 5.25. The van der Waals surface area contributed by atoms with Crippen LogP contribution in [0.25, 0.3) is 0 Å². The standard InChI is InChI=1S/C11H22N2.C8H14/c1-4-12-5-10-7-13(9(2)3)8-11(10)6-12;1-7(2)5-6-8(3)4/h9-11H,4-8H2,1-3H3;7-8H,1-4H3/t10-,11+;. The molecule has 2 heterocycles. The molecule has 0 radical (unpaired) electrons. The Morgan fingerprint density at radius 3 is 1.52 bits per heavy atom. The average Bonchev–Trinajstić information content (AvgIpc) is 2.94. The minimum absolute atomic E-state index is 0.525. The van der Waals surface area contributed by atoms with E-state index in [0.717, 1.165) is 17.9 Å². The maximum absolute atomic E-state index is 3.09. The second-order valence-electron chi connectivity index (χ2n) is 7.52. The first kappa shape index (κ1) is 18.5. The van der Waals surface area contributed by atoms with Crippen molar-refractivity contribution in [2.45, 2.75) is 54.5 Å². The second kappa shape index (κ2) is 8.81. The summed E-state index contributed by atoms with van der Waals surface area (Å²) < 4.78 is 0. The van der Waals surface area contributed by atoms with E-state index in [1.54, 1.807) is 0 Å². The lowest BCUT2D eigenvalue weighted by Crippen LogP contribution is -2.33. The van der Waals surface area contributed by atoms with E-state index in [-0.39, 0.29) is 0 Å². The molecule has 0 spiro atoms. The van der Waals surface area contributed by atoms with Crippen LogP contribution in [0.3, 0.4) is 0 Å². The summed E-state index contributed by atoms with van der Waals surface area (Å²) in [5, 5.41) is 0. The van der Waals surface area contributed by atoms with Gasteiger partial charge in [0.25, 0.3) is 0 Å². The molecule has 0 unspecified atom stereocenters. The van der Waals surface area contributed by atoms with E-state index in [1.165, 1.54) is 32.7 Å². The fourth-order valence-corrected chi connectivity index (χ4v) is 3.14. The van der Waals surface area contributed by atoms with Crippen LogP contribution in [0.15, 0.2) is 0 Å². The Hall–Kier alpha value is -0.520. The van der Waals surface area contributed by atoms with Crippen molar-refractivity contribution in [2.75, 3.05) is 32.7 Å². The minimum Gasteiger partial charge on any atom is -0.303 e. The highest BCUT2D eigenvalue weighted by Crippen LogP contribution is 2.31. The van der Waals surface area contributed by atoms with Gasteiger partial charge in [-0.1, -0.05) is 34.6 Å². The van der Waals surface area contributed by atoms with Gasteiger partial charge in [0, 0.05) is 44.1 Å². The number of rotatable bonds is 2. The molecule has 2 aliphatic rings. The van der Waals surface area contributed by atoms with Gasteiger partial charge in [-0.2, -0.15) is 0 Å². The van der Waals surface area contributed by atoms with Gasteiger partial charge in [0.15, 0.2) is 0 Å². The second-order valence-corrected chi connectivity index (χ2v) is 7.52. The van der Waals surface area contributed by atoms with Gasteiger partial charge in [-0.15, -0.1) is 11.8 Å². The summed E-state index contributed by atoms with van der Waals surface area (Å²) >= 11 is 0. The van der Waals surface area contributed by atoms with Gasteiger partial charge in [0.05, 0.1) is 0 Å². The molecule has 2 rings (SSSR count). The smallest absolute Gasteiger partial charge is 0.0146 e. The topological polar surface area (TPSA) is 6.48 Å². The van der Waals surface area contributed by atoms with Crippen molar-refractivity contribution in [2.24, 2.45) is 23.7 Å². The third-order valence-electron chi connectivity index (χ3n) is 4.43. The van der Waals surface area contributed by atoms with Crippen LogP contribution >= 0.6 is 0 Å². The van der Waals surface area contributed by atoms with Crippen molar-refractivity contribution < 1.29 is 0 Å². The molecule has 0 N–H and O–H groups in total. The monoisotopic (exact) mass is 292 g/mol. The molecule has 0 aromatic rings. The molecule has 122 valence electrons. The van der Waals surface area contributed by atoms with E-state index in [0.29, 0.717) is 11.8 Å². The normalized spacial score (nSPS) is 25.8. The van der Waals surface area contributed by atoms with Gasteiger partial charge >= 0.3 is 0 Å². The van der Waals surface area contributed by atoms with Crippen LogP contribution in [0.2, 0.25) is 0 Å². The molecule has 0 saturated carbocycles. The molecule has 2 nitrogen and oxygen atoms in total. The summed E-state index contributed by atoms with van der Waals surface area (Å²) in [5.74, 6) is 9.19. The molecule has 0 aliphatic carbocycles. The Balaban J connectivity index is 0.000000240. The van der Waals surface area contributed by atoms with Gasteiger partial charge < -0.3 is 9.80 Å². The lowest BCUT2D eigenvalue weighted by atomic mass is 10.0. The number of hydrogen-bond donors (Lipinski definition) is 0. The van der Waals surface area contributed by atoms with Crippen molar-refractivity contribution >= 4 is 0 Å². The molecule has 0 amide bonds. The van der Waals surface area contributed by atoms with Crippen molar-refractivity contribution in [1.29, 1.82) is 0 Å². The zero-order valence-electron chi connectivity index (χ0n) is 15.3. The summed E-state index contributed by atoms with van der Waals surface area (Å²) in [6, 6.07) is 0.751. The van der Waals surface area contributed by atoms with Crippen molar-refractivity contribution in [1.82, 2.24) is 9.80 Å². The van der Waals surface area contributed by atoms with Crippen LogP contribution in [0.1, 0.15) is 48.5 Å². The number of fused-ring (bicyclic) bond motifs is 1. The molecular weight excluding hydrogens is 256 g/mol. The molecule has 2 fully saturated rings. The largest absolute Gasteiger partial charge is 0.303 e. The molecule has 2 aliphatic heterocycles. The van der Waals surface area contributed by atoms with E-state index in [2.05, 4.69) is 70.1 Å². The predicted molar refractivity (Wildman–Crippen MR) is 93.3 cm³/mol. The van der Waals surface area contributed by atoms with Gasteiger partial charge in [-0.05, 0) is 32.2 Å². The Labute approximate surface area is 133 Å². The van der Waals surface area contributed by atoms with Crippen LogP contribution in [0.4, 0.5) is 0 Å². The molecule has 2 heteroatoms. The molecular formula is C19H36N2. The number of nitrogens with zero attached hydrogens (tertiary/aromatic N) is 2. The molecule has 21 heavy (non-hydrogen) atoms. The third-order valence-corrected chi connectivity index (χ3v) is 4.43. The summed E-state index contributed by atoms with van der Waals surface area (Å²) in [6.45, 7) is 22.0. The molecule has 0 aromatic carbocycles. The van der Waals surface area contributed by atoms with E-state index >= 15 is 0 Å². The summed E-state index contributed by atoms with van der Waals surface area (Å²) in [5.41, 5.74) is 0. The fraction of sp³-hybridized carbons (Fsp3) is 0.895. The van der Waals surface area contributed by atoms with Gasteiger partial charge in [0.1, 0.15) is 0 Å². The van der Waals surface area contributed by atoms with Crippen molar-refractivity contribution in [3.63, 3.8) is 0 Å². The Morgan fingerprint density at radius 1 is 0.810 bits per heavy atom. The molecule has 0 aromatic heterocycles. The number of hydrogen-bond acceptors (Lipinski definition) is 2. The Kier molecular flexibility index (Phi) is 7.77. The van der Waals surface area contributed by atoms with Crippen LogP contribution in [0, 0.1) is 35.5 Å². The van der Waals surface area contributed by atoms with Crippen molar-refractivity contribution in [3.05, 3.63) is 0 Å². The average molecular weight is 293 g/mol. The first-order valence-corrected chi connectivity index (χ1v) is 8.80. The van der Waals surface area contributed by atoms with Crippen molar-refractivity contribution in [3.8, 4) is 11.8 Å². The minimum atomic E-state index is 0.525. The first-order chi connectivity index (χ1) is 9.83. The third kappa shape index (κ3) is 6.41. The molecule has 0 bridgehead atoms. The van der Waals surface area contributed by atoms with Gasteiger partial charge in [-0.25, -0.2) is 0 Å². The van der Waals surface area contributed by atoms with E-state index in [1.807, 2.05) is 0 Å². The van der Waals surface area contributed by atoms with Crippen LogP contribution in [0.5, 0.6) is 0 Å². The van der Waals surface area contributed by atoms with Crippen LogP contribution < -0.4 is 0 Å². The predicted octanol–water partition coefficient (Wildman–Crippen LogP) is 3.58. The Morgan fingerprint density at radius 2 is 1.24 bits per heavy atom. The Bertz CT molecular complexity index is 322. The highest BCUT2D eigenvalue weighted by Gasteiger charge is 2.39. The first-order valence-electron chi connectivity index (χ1n) is 8.80. The molecule has 2 saturated heterocycles. The highest BCUT2D eigenvalue weighted by atomic mass is 15.2. The maximum atomic E-state index is 3.09. The van der Waals surface area contributed by atoms with Crippen LogP contribution in [-0.2, 0) is 0 Å². The summed E-state index contributed by atoms with van der Waals surface area (Å²) in [6.07, 6.45) is 0. The highest BCUT2D eigenvalue weighted by molar-refractivity contribution is 5.03. The molecule has 2 atom stereocenters. The van der Waals surface area contributed by atoms with E-state index in [4.69, 9.17) is 0 Å². The van der Waals surface area contributed by atoms with Gasteiger partial charge in [0.2, 0.25) is 0 Å². The quantitative estimate of drug-likeness (QED) is 0.718. The summed E-state index contributed by atoms with van der Waals surface area (Å²) in [7, 11) is 0. The van der Waals surface area contributed by atoms with E-state index in [9.17, 15) is 0 Å². The maximum Gasteiger partial charge on any atom is 0.0146 e. The number of likely N-dealkylation sites (tertiary alicyclic amines) is 2. The SMILES string of the molecule is CC(C)C#CC(C)C.CCN1C[C@@H]2CN(C(C)C)C[C@@H]2C1. The zero-order chi connectivity index (χ0) is 16.0. The van der Waals surface area contributed by atoms with E-state index < -0.39 is 0 Å². The zero-order valence-corrected chi connectivity index (χ0v) is 15.3. The lowest BCUT2D eigenvalue weighted by molar-refractivity contribution is 0.226. The van der Waals surface area contributed by atoms with Gasteiger partial charge in [-0.3, -0.25) is 0 Å². The fourth-order valence-electron chi connectivity index (χ4n) is 3.14. The lowest BCUT2D eigenvalue weighted by Gasteiger charge is -2.23. The van der Waals surface area contributed by atoms with Crippen LogP contribution in [-0.4, -0.2) is 48.6 Å².